The highest BCUT2D eigenvalue weighted by molar-refractivity contribution is 7.92. The van der Waals surface area contributed by atoms with Crippen LogP contribution in [0.2, 0.25) is 0 Å². The topological polar surface area (TPSA) is 140 Å². The minimum Gasteiger partial charge on any atom is -0.475 e. The SMILES string of the molecule is Cc1cccc(C)c1-c1cc2nc(n1)NS(=O)(=O)c1cccc(c1)C(=O)N(Cc1cncc(N3CCCO[C@H]4CC[C@H]43)n1)[C@H](CC(C)(C)C)CO2. The lowest BCUT2D eigenvalue weighted by Crippen LogP contribution is -2.51. The zero-order valence-electron chi connectivity index (χ0n) is 29.8. The molecule has 7 rings (SSSR count). The molecule has 3 aliphatic rings. The van der Waals surface area contributed by atoms with E-state index >= 15 is 0 Å². The number of benzene rings is 2. The second-order valence-corrected chi connectivity index (χ2v) is 16.6. The van der Waals surface area contributed by atoms with Crippen LogP contribution < -0.4 is 14.4 Å². The number of hydrogen-bond donors (Lipinski definition) is 1. The van der Waals surface area contributed by atoms with E-state index in [1.54, 1.807) is 35.5 Å². The van der Waals surface area contributed by atoms with Gasteiger partial charge in [0.15, 0.2) is 0 Å². The molecule has 12 nitrogen and oxygen atoms in total. The highest BCUT2D eigenvalue weighted by Gasteiger charge is 2.39. The van der Waals surface area contributed by atoms with Crippen molar-refractivity contribution >= 4 is 27.7 Å². The van der Waals surface area contributed by atoms with Gasteiger partial charge in [0.1, 0.15) is 12.4 Å². The van der Waals surface area contributed by atoms with Gasteiger partial charge in [-0.15, -0.1) is 0 Å². The van der Waals surface area contributed by atoms with E-state index in [2.05, 4.69) is 45.3 Å². The molecule has 1 aliphatic carbocycles. The maximum Gasteiger partial charge on any atom is 0.264 e. The Morgan fingerprint density at radius 2 is 1.76 bits per heavy atom. The van der Waals surface area contributed by atoms with Gasteiger partial charge in [0.25, 0.3) is 15.9 Å². The van der Waals surface area contributed by atoms with Crippen LogP contribution in [0.3, 0.4) is 0 Å². The molecular weight excluding hydrogens is 667 g/mol. The molecule has 2 fully saturated rings. The number of nitrogens with zero attached hydrogens (tertiary/aromatic N) is 6. The number of fused-ring (bicyclic) bond motifs is 5. The Balaban J connectivity index is 1.31. The Kier molecular flexibility index (Phi) is 9.44. The Morgan fingerprint density at radius 1 is 0.980 bits per heavy atom. The minimum atomic E-state index is -4.18. The minimum absolute atomic E-state index is 0.0799. The van der Waals surface area contributed by atoms with Crippen molar-refractivity contribution in [3.8, 4) is 17.1 Å². The fourth-order valence-electron chi connectivity index (χ4n) is 7.25. The summed E-state index contributed by atoms with van der Waals surface area (Å²) in [5.74, 6) is 0.497. The smallest absolute Gasteiger partial charge is 0.264 e. The predicted molar refractivity (Wildman–Crippen MR) is 194 cm³/mol. The van der Waals surface area contributed by atoms with Crippen LogP contribution in [0.15, 0.2) is 65.8 Å². The number of rotatable bonds is 5. The van der Waals surface area contributed by atoms with Crippen molar-refractivity contribution in [3.05, 3.63) is 83.3 Å². The summed E-state index contributed by atoms with van der Waals surface area (Å²) in [6, 6.07) is 13.5. The van der Waals surface area contributed by atoms with Gasteiger partial charge < -0.3 is 19.3 Å². The van der Waals surface area contributed by atoms with Gasteiger partial charge in [-0.3, -0.25) is 9.78 Å². The van der Waals surface area contributed by atoms with Crippen LogP contribution in [0.25, 0.3) is 11.3 Å². The molecular formula is C38H45N7O5S. The molecule has 2 aliphatic heterocycles. The van der Waals surface area contributed by atoms with Crippen LogP contribution in [-0.4, -0.2) is 77.1 Å². The maximum atomic E-state index is 14.6. The Hall–Kier alpha value is -4.62. The number of sulfonamides is 1. The van der Waals surface area contributed by atoms with E-state index in [0.29, 0.717) is 17.8 Å². The van der Waals surface area contributed by atoms with E-state index in [4.69, 9.17) is 14.5 Å². The molecule has 4 heterocycles. The van der Waals surface area contributed by atoms with Crippen LogP contribution in [0.1, 0.15) is 73.6 Å². The van der Waals surface area contributed by atoms with Crippen LogP contribution in [0, 0.1) is 19.3 Å². The number of amides is 1. The van der Waals surface area contributed by atoms with Gasteiger partial charge in [0.05, 0.1) is 53.4 Å². The van der Waals surface area contributed by atoms with Gasteiger partial charge in [-0.05, 0) is 74.3 Å². The van der Waals surface area contributed by atoms with Crippen molar-refractivity contribution in [3.63, 3.8) is 0 Å². The van der Waals surface area contributed by atoms with Crippen molar-refractivity contribution in [2.45, 2.75) is 89.9 Å². The lowest BCUT2D eigenvalue weighted by atomic mass is 9.87. The predicted octanol–water partition coefficient (Wildman–Crippen LogP) is 5.95. The molecule has 2 aromatic heterocycles. The summed E-state index contributed by atoms with van der Waals surface area (Å²) in [5.41, 5.74) is 3.99. The van der Waals surface area contributed by atoms with E-state index in [9.17, 15) is 13.2 Å². The molecule has 1 N–H and O–H groups in total. The molecule has 0 unspecified atom stereocenters. The monoisotopic (exact) mass is 711 g/mol. The van der Waals surface area contributed by atoms with Gasteiger partial charge in [0, 0.05) is 30.3 Å². The van der Waals surface area contributed by atoms with Gasteiger partial charge in [0.2, 0.25) is 11.8 Å². The number of carbonyl (C=O) groups is 1. The second kappa shape index (κ2) is 13.8. The highest BCUT2D eigenvalue weighted by atomic mass is 32.2. The summed E-state index contributed by atoms with van der Waals surface area (Å²) < 4.78 is 42.5. The average molecular weight is 712 g/mol. The van der Waals surface area contributed by atoms with E-state index < -0.39 is 16.1 Å². The standard InChI is InChI=1S/C38H45N7O5S/c1-24-9-6-10-25(2)35(24)30-18-34-42-37(41-30)43-51(47,48)29-12-7-11-26(17-29)36(46)45(28(23-50-34)19-38(3,4)5)22-27-20-39-21-33(40-27)44-15-8-16-49-32-14-13-31(32)44/h6-7,9-12,17-18,20-21,28,31-32H,8,13-16,19,22-23H2,1-5H3,(H,41,42,43)/t28-,31-,32+/m1/s1. The molecule has 2 aromatic carbocycles. The summed E-state index contributed by atoms with van der Waals surface area (Å²) in [7, 11) is -4.18. The van der Waals surface area contributed by atoms with Crippen molar-refractivity contribution in [1.82, 2.24) is 24.8 Å². The van der Waals surface area contributed by atoms with Gasteiger partial charge in [-0.1, -0.05) is 45.0 Å². The second-order valence-electron chi connectivity index (χ2n) is 14.9. The third-order valence-corrected chi connectivity index (χ3v) is 11.1. The number of hydrogen-bond acceptors (Lipinski definition) is 10. The largest absolute Gasteiger partial charge is 0.475 e. The van der Waals surface area contributed by atoms with Crippen molar-refractivity contribution in [2.75, 3.05) is 29.4 Å². The van der Waals surface area contributed by atoms with Crippen LogP contribution in [-0.2, 0) is 21.3 Å². The molecule has 0 spiro atoms. The first-order valence-electron chi connectivity index (χ1n) is 17.6. The molecule has 13 heteroatoms. The molecule has 1 saturated carbocycles. The summed E-state index contributed by atoms with van der Waals surface area (Å²) in [5, 5.41) is 0. The maximum absolute atomic E-state index is 14.6. The number of nitrogens with one attached hydrogen (secondary N) is 1. The average Bonchev–Trinajstić information content (AvgIpc) is 3.21. The molecule has 4 bridgehead atoms. The van der Waals surface area contributed by atoms with Crippen molar-refractivity contribution < 1.29 is 22.7 Å². The zero-order chi connectivity index (χ0) is 35.9. The Morgan fingerprint density at radius 3 is 2.51 bits per heavy atom. The van der Waals surface area contributed by atoms with E-state index in [1.807, 2.05) is 32.0 Å². The highest BCUT2D eigenvalue weighted by Crippen LogP contribution is 2.35. The van der Waals surface area contributed by atoms with E-state index in [0.717, 1.165) is 54.9 Å². The third kappa shape index (κ3) is 7.55. The summed E-state index contributed by atoms with van der Waals surface area (Å²) >= 11 is 0. The number of carbonyl (C=O) groups excluding carboxylic acids is 1. The summed E-state index contributed by atoms with van der Waals surface area (Å²) in [6.45, 7) is 12.1. The van der Waals surface area contributed by atoms with E-state index in [-0.39, 0.29) is 58.9 Å². The van der Waals surface area contributed by atoms with Crippen LogP contribution in [0.4, 0.5) is 11.8 Å². The number of anilines is 2. The fourth-order valence-corrected chi connectivity index (χ4v) is 8.24. The van der Waals surface area contributed by atoms with Gasteiger partial charge in [-0.2, -0.15) is 4.98 Å². The summed E-state index contributed by atoms with van der Waals surface area (Å²) in [6.07, 6.45) is 7.23. The normalized spacial score (nSPS) is 21.8. The first-order chi connectivity index (χ1) is 24.3. The van der Waals surface area contributed by atoms with E-state index in [1.165, 1.54) is 12.1 Å². The Bertz CT molecular complexity index is 2030. The molecule has 1 amide bonds. The third-order valence-electron chi connectivity index (χ3n) is 9.78. The van der Waals surface area contributed by atoms with Crippen molar-refractivity contribution in [1.29, 1.82) is 0 Å². The fraction of sp³-hybridized carbons (Fsp3) is 0.447. The van der Waals surface area contributed by atoms with Gasteiger partial charge >= 0.3 is 0 Å². The first-order valence-corrected chi connectivity index (χ1v) is 19.0. The molecule has 0 radical (unpaired) electrons. The molecule has 3 atom stereocenters. The molecule has 4 aromatic rings. The van der Waals surface area contributed by atoms with Crippen molar-refractivity contribution in [2.24, 2.45) is 5.41 Å². The first kappa shape index (κ1) is 34.8. The molecule has 1 saturated heterocycles. The Labute approximate surface area is 299 Å². The summed E-state index contributed by atoms with van der Waals surface area (Å²) in [4.78, 5) is 37.3. The molecule has 268 valence electrons. The molecule has 51 heavy (non-hydrogen) atoms. The number of aromatic nitrogens is 4. The van der Waals surface area contributed by atoms with Gasteiger partial charge in [-0.25, -0.2) is 23.1 Å². The zero-order valence-corrected chi connectivity index (χ0v) is 30.6. The lowest BCUT2D eigenvalue weighted by molar-refractivity contribution is -0.00318. The number of aryl methyl sites for hydroxylation is 2. The van der Waals surface area contributed by atoms with Crippen LogP contribution >= 0.6 is 0 Å². The van der Waals surface area contributed by atoms with Crippen LogP contribution in [0.5, 0.6) is 5.88 Å². The lowest BCUT2D eigenvalue weighted by Gasteiger charge is -2.42. The number of ether oxygens (including phenoxy) is 2. The quantitative estimate of drug-likeness (QED) is 0.264.